The normalized spacial score (nSPS) is 15.8. The summed E-state index contributed by atoms with van der Waals surface area (Å²) in [6, 6.07) is 9.70. The number of aromatic nitrogens is 1. The van der Waals surface area contributed by atoms with Crippen LogP contribution >= 0.6 is 0 Å². The molecule has 0 atom stereocenters. The lowest BCUT2D eigenvalue weighted by Gasteiger charge is -2.14. The second-order valence-corrected chi connectivity index (χ2v) is 6.05. The summed E-state index contributed by atoms with van der Waals surface area (Å²) in [5, 5.41) is 0. The van der Waals surface area contributed by atoms with E-state index in [0.717, 1.165) is 0 Å². The van der Waals surface area contributed by atoms with E-state index in [1.165, 1.54) is 17.0 Å². The van der Waals surface area contributed by atoms with Crippen molar-refractivity contribution in [1.29, 1.82) is 0 Å². The summed E-state index contributed by atoms with van der Waals surface area (Å²) in [5.41, 5.74) is 1.16. The molecule has 0 N–H and O–H groups in total. The lowest BCUT2D eigenvalue weighted by Crippen LogP contribution is -2.36. The summed E-state index contributed by atoms with van der Waals surface area (Å²) in [7, 11) is 1.69. The Morgan fingerprint density at radius 1 is 1.12 bits per heavy atom. The molecular formula is C19H16FN3O. The molecule has 0 fully saturated rings. The lowest BCUT2D eigenvalue weighted by molar-refractivity contribution is -0.129. The van der Waals surface area contributed by atoms with Gasteiger partial charge in [-0.05, 0) is 44.2 Å². The third-order valence-electron chi connectivity index (χ3n) is 3.70. The molecule has 0 aliphatic carbocycles. The average Bonchev–Trinajstić information content (AvgIpc) is 2.77. The van der Waals surface area contributed by atoms with Crippen molar-refractivity contribution in [2.24, 2.45) is 4.99 Å². The van der Waals surface area contributed by atoms with Crippen LogP contribution in [0.3, 0.4) is 0 Å². The predicted molar refractivity (Wildman–Crippen MR) is 90.0 cm³/mol. The molecule has 0 unspecified atom stereocenters. The molecule has 24 heavy (non-hydrogen) atoms. The fraction of sp³-hybridized carbons (Fsp3) is 0.211. The van der Waals surface area contributed by atoms with Crippen LogP contribution in [0.1, 0.15) is 30.7 Å². The molecule has 1 amide bonds. The van der Waals surface area contributed by atoms with Gasteiger partial charge in [0.25, 0.3) is 5.91 Å². The number of benzene rings is 1. The van der Waals surface area contributed by atoms with Crippen LogP contribution in [0.4, 0.5) is 4.39 Å². The van der Waals surface area contributed by atoms with Crippen molar-refractivity contribution in [3.8, 4) is 11.8 Å². The van der Waals surface area contributed by atoms with Gasteiger partial charge in [-0.1, -0.05) is 17.9 Å². The van der Waals surface area contributed by atoms with Crippen LogP contribution in [0.5, 0.6) is 0 Å². The molecular weight excluding hydrogens is 305 g/mol. The number of rotatable bonds is 1. The van der Waals surface area contributed by atoms with Gasteiger partial charge in [0.2, 0.25) is 0 Å². The molecule has 1 aliphatic heterocycles. The number of likely N-dealkylation sites (N-methyl/N-ethyl adjacent to an activating group) is 1. The molecule has 1 aliphatic rings. The summed E-state index contributed by atoms with van der Waals surface area (Å²) in [6.07, 6.45) is 1.62. The maximum absolute atomic E-state index is 13.1. The summed E-state index contributed by atoms with van der Waals surface area (Å²) < 4.78 is 13.1. The molecule has 2 heterocycles. The van der Waals surface area contributed by atoms with E-state index in [4.69, 9.17) is 0 Å². The summed E-state index contributed by atoms with van der Waals surface area (Å²) in [4.78, 5) is 22.4. The summed E-state index contributed by atoms with van der Waals surface area (Å²) in [5.74, 6) is 6.01. The zero-order valence-corrected chi connectivity index (χ0v) is 13.7. The number of halogens is 1. The Morgan fingerprint density at radius 2 is 1.88 bits per heavy atom. The van der Waals surface area contributed by atoms with E-state index in [2.05, 4.69) is 21.8 Å². The van der Waals surface area contributed by atoms with Gasteiger partial charge in [0.05, 0.1) is 0 Å². The summed E-state index contributed by atoms with van der Waals surface area (Å²) >= 11 is 0. The number of amidine groups is 1. The smallest absolute Gasteiger partial charge is 0.255 e. The molecule has 3 rings (SSSR count). The molecule has 5 heteroatoms. The lowest BCUT2D eigenvalue weighted by atomic mass is 10.1. The first kappa shape index (κ1) is 15.9. The zero-order valence-electron chi connectivity index (χ0n) is 13.7. The molecule has 0 saturated carbocycles. The number of carbonyl (C=O) groups is 1. The molecule has 0 radical (unpaired) electrons. The van der Waals surface area contributed by atoms with E-state index in [-0.39, 0.29) is 11.7 Å². The van der Waals surface area contributed by atoms with Crippen molar-refractivity contribution in [1.82, 2.24) is 9.88 Å². The van der Waals surface area contributed by atoms with Crippen LogP contribution in [-0.4, -0.2) is 34.2 Å². The largest absolute Gasteiger partial charge is 0.296 e. The standard InChI is InChI=1S/C19H16FN3O/c1-19(2)18(24)23(3)17(22-19)16-10-9-14(12-21-16)8-7-13-5-4-6-15(20)11-13/h4-6,9-12H,1-3H3. The van der Waals surface area contributed by atoms with E-state index in [9.17, 15) is 9.18 Å². The Bertz CT molecular complexity index is 889. The Hall–Kier alpha value is -3.00. The van der Waals surface area contributed by atoms with E-state index < -0.39 is 5.54 Å². The van der Waals surface area contributed by atoms with E-state index >= 15 is 0 Å². The van der Waals surface area contributed by atoms with Crippen LogP contribution in [-0.2, 0) is 4.79 Å². The highest BCUT2D eigenvalue weighted by molar-refractivity contribution is 6.13. The SMILES string of the molecule is CN1C(=O)C(C)(C)N=C1c1ccc(C#Cc2cccc(F)c2)cn1. The van der Waals surface area contributed by atoms with Gasteiger partial charge in [0.15, 0.2) is 5.84 Å². The van der Waals surface area contributed by atoms with Gasteiger partial charge in [-0.15, -0.1) is 0 Å². The number of aliphatic imine (C=N–C) groups is 1. The second kappa shape index (κ2) is 5.89. The van der Waals surface area contributed by atoms with E-state index in [1.807, 2.05) is 0 Å². The summed E-state index contributed by atoms with van der Waals surface area (Å²) in [6.45, 7) is 3.55. The molecule has 1 aromatic heterocycles. The molecule has 120 valence electrons. The molecule has 4 nitrogen and oxygen atoms in total. The minimum Gasteiger partial charge on any atom is -0.296 e. The third-order valence-corrected chi connectivity index (χ3v) is 3.70. The van der Waals surface area contributed by atoms with Crippen molar-refractivity contribution in [2.45, 2.75) is 19.4 Å². The molecule has 0 spiro atoms. The van der Waals surface area contributed by atoms with Crippen molar-refractivity contribution in [3.05, 3.63) is 65.2 Å². The maximum atomic E-state index is 13.1. The Morgan fingerprint density at radius 3 is 2.46 bits per heavy atom. The van der Waals surface area contributed by atoms with E-state index in [0.29, 0.717) is 22.7 Å². The van der Waals surface area contributed by atoms with Gasteiger partial charge in [-0.3, -0.25) is 14.7 Å². The molecule has 0 saturated heterocycles. The number of nitrogens with zero attached hydrogens (tertiary/aromatic N) is 3. The number of hydrogen-bond acceptors (Lipinski definition) is 3. The first-order chi connectivity index (χ1) is 11.4. The number of hydrogen-bond donors (Lipinski definition) is 0. The Labute approximate surface area is 140 Å². The van der Waals surface area contributed by atoms with Crippen molar-refractivity contribution in [2.75, 3.05) is 7.05 Å². The number of pyridine rings is 1. The number of carbonyl (C=O) groups excluding carboxylic acids is 1. The van der Waals surface area contributed by atoms with Gasteiger partial charge in [-0.2, -0.15) is 0 Å². The molecule has 1 aromatic carbocycles. The monoisotopic (exact) mass is 321 g/mol. The van der Waals surface area contributed by atoms with Gasteiger partial charge >= 0.3 is 0 Å². The maximum Gasteiger partial charge on any atom is 0.255 e. The Balaban J connectivity index is 1.84. The van der Waals surface area contributed by atoms with Gasteiger partial charge < -0.3 is 0 Å². The van der Waals surface area contributed by atoms with Crippen molar-refractivity contribution in [3.63, 3.8) is 0 Å². The highest BCUT2D eigenvalue weighted by Gasteiger charge is 2.39. The van der Waals surface area contributed by atoms with Crippen LogP contribution in [0, 0.1) is 17.7 Å². The highest BCUT2D eigenvalue weighted by Crippen LogP contribution is 2.23. The number of amides is 1. The van der Waals surface area contributed by atoms with Crippen molar-refractivity contribution >= 4 is 11.7 Å². The Kier molecular flexibility index (Phi) is 3.90. The predicted octanol–water partition coefficient (Wildman–Crippen LogP) is 2.62. The minimum atomic E-state index is -0.762. The van der Waals surface area contributed by atoms with E-state index in [1.54, 1.807) is 51.4 Å². The molecule has 0 bridgehead atoms. The van der Waals surface area contributed by atoms with Crippen LogP contribution in [0.15, 0.2) is 47.6 Å². The van der Waals surface area contributed by atoms with Crippen LogP contribution < -0.4 is 0 Å². The fourth-order valence-electron chi connectivity index (χ4n) is 2.43. The third kappa shape index (κ3) is 3.04. The van der Waals surface area contributed by atoms with Gasteiger partial charge in [0.1, 0.15) is 17.1 Å². The van der Waals surface area contributed by atoms with Crippen LogP contribution in [0.2, 0.25) is 0 Å². The topological polar surface area (TPSA) is 45.6 Å². The van der Waals surface area contributed by atoms with Gasteiger partial charge in [-0.25, -0.2) is 9.38 Å². The first-order valence-electron chi connectivity index (χ1n) is 7.49. The zero-order chi connectivity index (χ0) is 17.3. The van der Waals surface area contributed by atoms with Crippen molar-refractivity contribution < 1.29 is 9.18 Å². The molecule has 2 aromatic rings. The second-order valence-electron chi connectivity index (χ2n) is 6.05. The van der Waals surface area contributed by atoms with Crippen LogP contribution in [0.25, 0.3) is 0 Å². The first-order valence-corrected chi connectivity index (χ1v) is 7.49. The van der Waals surface area contributed by atoms with Gasteiger partial charge in [0, 0.05) is 24.4 Å². The minimum absolute atomic E-state index is 0.0609. The average molecular weight is 321 g/mol. The highest BCUT2D eigenvalue weighted by atomic mass is 19.1. The fourth-order valence-corrected chi connectivity index (χ4v) is 2.43. The quantitative estimate of drug-likeness (QED) is 0.758.